The highest BCUT2D eigenvalue weighted by atomic mass is 19.4. The van der Waals surface area contributed by atoms with Crippen LogP contribution in [0.5, 0.6) is 5.75 Å². The molecule has 3 rings (SSSR count). The predicted molar refractivity (Wildman–Crippen MR) is 177 cm³/mol. The van der Waals surface area contributed by atoms with Crippen molar-refractivity contribution in [3.8, 4) is 17.9 Å². The third-order valence-electron chi connectivity index (χ3n) is 7.66. The lowest BCUT2D eigenvalue weighted by atomic mass is 9.94. The number of nitrogens with zero attached hydrogens (tertiary/aromatic N) is 2. The lowest BCUT2D eigenvalue weighted by Gasteiger charge is -2.28. The number of nitrogens with one attached hydrogen (secondary N) is 4. The third kappa shape index (κ3) is 11.3. The van der Waals surface area contributed by atoms with Crippen LogP contribution >= 0.6 is 0 Å². The summed E-state index contributed by atoms with van der Waals surface area (Å²) in [5, 5.41) is 26.7. The van der Waals surface area contributed by atoms with Crippen molar-refractivity contribution >= 4 is 29.4 Å². The van der Waals surface area contributed by atoms with Gasteiger partial charge in [0.1, 0.15) is 24.4 Å². The smallest absolute Gasteiger partial charge is 0.405 e. The first kappa shape index (κ1) is 41.1. The Bertz CT molecular complexity index is 1920. The molecule has 0 saturated heterocycles. The molecule has 0 aromatic heterocycles. The average Bonchev–Trinajstić information content (AvgIpc) is 3.13. The maximum atomic E-state index is 14.9. The minimum absolute atomic E-state index is 0.00978. The van der Waals surface area contributed by atoms with Crippen LogP contribution in [0.4, 0.5) is 22.0 Å². The number of hydrogen-bond acceptors (Lipinski definition) is 8. The summed E-state index contributed by atoms with van der Waals surface area (Å²) in [5.74, 6) is -13.6. The predicted octanol–water partition coefficient (Wildman–Crippen LogP) is 3.66. The Morgan fingerprint density at radius 1 is 0.792 bits per heavy atom. The maximum absolute atomic E-state index is 14.9. The minimum atomic E-state index is -5.05. The molecular weight excluding hydrogens is 707 g/mol. The molecule has 0 spiro atoms. The molecule has 17 heteroatoms. The molecule has 4 amide bonds. The molecule has 3 aromatic rings. The summed E-state index contributed by atoms with van der Waals surface area (Å²) in [6, 6.07) is 15.6. The van der Waals surface area contributed by atoms with Crippen molar-refractivity contribution in [3.05, 3.63) is 101 Å². The van der Waals surface area contributed by atoms with Crippen LogP contribution < -0.4 is 26.0 Å². The van der Waals surface area contributed by atoms with Crippen LogP contribution in [0.15, 0.2) is 72.8 Å². The molecule has 3 atom stereocenters. The average molecular weight is 741 g/mol. The molecule has 0 aliphatic carbocycles. The van der Waals surface area contributed by atoms with Crippen LogP contribution in [0.3, 0.4) is 0 Å². The number of ketones is 1. The lowest BCUT2D eigenvalue weighted by molar-refractivity contribution is -0.165. The van der Waals surface area contributed by atoms with Crippen molar-refractivity contribution in [2.24, 2.45) is 5.92 Å². The van der Waals surface area contributed by atoms with Gasteiger partial charge in [-0.25, -0.2) is 0 Å². The van der Waals surface area contributed by atoms with E-state index in [1.165, 1.54) is 87.7 Å². The van der Waals surface area contributed by atoms with Gasteiger partial charge in [0.05, 0.1) is 36.4 Å². The van der Waals surface area contributed by atoms with Crippen molar-refractivity contribution in [1.29, 1.82) is 10.5 Å². The van der Waals surface area contributed by atoms with Gasteiger partial charge in [0.15, 0.2) is 0 Å². The van der Waals surface area contributed by atoms with E-state index in [9.17, 15) is 56.4 Å². The zero-order chi connectivity index (χ0) is 39.5. The first-order valence-corrected chi connectivity index (χ1v) is 15.7. The summed E-state index contributed by atoms with van der Waals surface area (Å²) in [6.45, 7) is 0.326. The summed E-state index contributed by atoms with van der Waals surface area (Å²) >= 11 is 0. The fourth-order valence-corrected chi connectivity index (χ4v) is 4.89. The summed E-state index contributed by atoms with van der Waals surface area (Å²) in [6.07, 6.45) is -5.28. The monoisotopic (exact) mass is 740 g/mol. The number of methoxy groups -OCH3 is 1. The number of ether oxygens (including phenoxy) is 1. The zero-order valence-corrected chi connectivity index (χ0v) is 28.4. The molecule has 0 aliphatic rings. The number of benzene rings is 3. The maximum Gasteiger partial charge on any atom is 0.405 e. The molecule has 0 aliphatic heterocycles. The van der Waals surface area contributed by atoms with Crippen LogP contribution in [0.2, 0.25) is 0 Å². The molecule has 0 fully saturated rings. The number of nitriles is 2. The zero-order valence-electron chi connectivity index (χ0n) is 28.4. The van der Waals surface area contributed by atoms with Crippen LogP contribution in [0, 0.1) is 28.6 Å². The Balaban J connectivity index is 1.99. The highest BCUT2D eigenvalue weighted by Gasteiger charge is 2.52. The highest BCUT2D eigenvalue weighted by Crippen LogP contribution is 2.24. The fraction of sp³-hybridized carbons (Fsp3) is 0.306. The van der Waals surface area contributed by atoms with Gasteiger partial charge in [-0.05, 0) is 59.5 Å². The topological polar surface area (TPSA) is 190 Å². The molecule has 0 bridgehead atoms. The molecule has 0 saturated carbocycles. The number of rotatable bonds is 15. The van der Waals surface area contributed by atoms with E-state index in [0.717, 1.165) is 5.32 Å². The van der Waals surface area contributed by atoms with Gasteiger partial charge in [0.25, 0.3) is 11.8 Å². The Kier molecular flexibility index (Phi) is 13.7. The Hall–Kier alpha value is -6.36. The molecule has 0 radical (unpaired) electrons. The molecule has 12 nitrogen and oxygen atoms in total. The fourth-order valence-electron chi connectivity index (χ4n) is 4.89. The second-order valence-corrected chi connectivity index (χ2v) is 11.9. The van der Waals surface area contributed by atoms with Gasteiger partial charge >= 0.3 is 12.1 Å². The summed E-state index contributed by atoms with van der Waals surface area (Å²) < 4.78 is 72.7. The minimum Gasteiger partial charge on any atom is -0.497 e. The summed E-state index contributed by atoms with van der Waals surface area (Å²) in [5.41, 5.74) is 0.847. The van der Waals surface area contributed by atoms with E-state index in [4.69, 9.17) is 4.74 Å². The molecule has 4 N–H and O–H groups in total. The van der Waals surface area contributed by atoms with E-state index in [-0.39, 0.29) is 28.7 Å². The van der Waals surface area contributed by atoms with Crippen molar-refractivity contribution in [2.75, 3.05) is 13.7 Å². The molecular formula is C36H33F5N6O6. The molecule has 278 valence electrons. The number of amides is 4. The molecule has 53 heavy (non-hydrogen) atoms. The van der Waals surface area contributed by atoms with Gasteiger partial charge in [-0.3, -0.25) is 24.0 Å². The Labute approximate surface area is 300 Å². The normalized spacial score (nSPS) is 13.0. The van der Waals surface area contributed by atoms with Crippen LogP contribution in [0.1, 0.15) is 52.5 Å². The standard InChI is InChI=1S/C36H33F5N6O6/c1-20(2)28(30(48)36(40,41)34(52)44-19-35(37,38)39)46-33(51)29(24-10-12-26(53-3)13-11-24)47-32(50)27(16-21-6-4-7-22(14-21)17-42)45-31(49)25-9-5-8-23(15-25)18-43/h4-15,20,27-29H,16,19H2,1-3H3,(H,44,52)(H,45,49)(H,46,51)(H,47,50)/t27?,28-,29?/m0/s1. The van der Waals surface area contributed by atoms with Gasteiger partial charge < -0.3 is 26.0 Å². The lowest BCUT2D eigenvalue weighted by Crippen LogP contribution is -2.58. The van der Waals surface area contributed by atoms with Crippen molar-refractivity contribution < 1.29 is 50.7 Å². The second-order valence-electron chi connectivity index (χ2n) is 11.9. The van der Waals surface area contributed by atoms with Crippen molar-refractivity contribution in [3.63, 3.8) is 0 Å². The van der Waals surface area contributed by atoms with E-state index in [2.05, 4.69) is 16.0 Å². The van der Waals surface area contributed by atoms with E-state index >= 15 is 0 Å². The third-order valence-corrected chi connectivity index (χ3v) is 7.66. The number of Topliss-reactive ketones (excluding diaryl/α,β-unsaturated/α-hetero) is 1. The Morgan fingerprint density at radius 3 is 1.96 bits per heavy atom. The van der Waals surface area contributed by atoms with Crippen LogP contribution in [-0.2, 0) is 25.6 Å². The number of alkyl halides is 5. The van der Waals surface area contributed by atoms with Gasteiger partial charge in [-0.1, -0.05) is 44.2 Å². The van der Waals surface area contributed by atoms with Crippen LogP contribution in [0.25, 0.3) is 0 Å². The first-order chi connectivity index (χ1) is 24.9. The van der Waals surface area contributed by atoms with E-state index < -0.39 is 72.1 Å². The van der Waals surface area contributed by atoms with E-state index in [1.807, 2.05) is 12.1 Å². The summed E-state index contributed by atoms with van der Waals surface area (Å²) in [4.78, 5) is 66.0. The van der Waals surface area contributed by atoms with Crippen molar-refractivity contribution in [2.45, 2.75) is 50.5 Å². The largest absolute Gasteiger partial charge is 0.497 e. The number of halogens is 5. The SMILES string of the molecule is COc1ccc(C(NC(=O)C(Cc2cccc(C#N)c2)NC(=O)c2cccc(C#N)c2)C(=O)N[C@H](C(=O)C(F)(F)C(=O)NCC(F)(F)F)C(C)C)cc1. The number of hydrogen-bond donors (Lipinski definition) is 4. The second kappa shape index (κ2) is 17.7. The molecule has 2 unspecified atom stereocenters. The summed E-state index contributed by atoms with van der Waals surface area (Å²) in [7, 11) is 1.35. The van der Waals surface area contributed by atoms with Gasteiger partial charge in [-0.15, -0.1) is 0 Å². The van der Waals surface area contributed by atoms with Gasteiger partial charge in [-0.2, -0.15) is 32.5 Å². The van der Waals surface area contributed by atoms with Crippen molar-refractivity contribution in [1.82, 2.24) is 21.3 Å². The number of carbonyl (C=O) groups excluding carboxylic acids is 5. The molecule has 0 heterocycles. The quantitative estimate of drug-likeness (QED) is 0.134. The Morgan fingerprint density at radius 2 is 1.40 bits per heavy atom. The highest BCUT2D eigenvalue weighted by molar-refractivity contribution is 6.11. The van der Waals surface area contributed by atoms with Gasteiger partial charge in [0.2, 0.25) is 17.6 Å². The van der Waals surface area contributed by atoms with Gasteiger partial charge in [0, 0.05) is 12.0 Å². The molecule has 3 aromatic carbocycles. The van der Waals surface area contributed by atoms with E-state index in [0.29, 0.717) is 11.3 Å². The number of carbonyl (C=O) groups is 5. The first-order valence-electron chi connectivity index (χ1n) is 15.7. The van der Waals surface area contributed by atoms with Crippen LogP contribution in [-0.4, -0.2) is 67.2 Å². The van der Waals surface area contributed by atoms with E-state index in [1.54, 1.807) is 6.07 Å².